The molecule has 0 bridgehead atoms. The molecule has 0 aliphatic heterocycles. The number of hydrogen-bond acceptors (Lipinski definition) is 5. The normalized spacial score (nSPS) is 12.3. The fraction of sp³-hybridized carbons (Fsp3) is 0.455. The Morgan fingerprint density at radius 2 is 1.81 bits per heavy atom. The van der Waals surface area contributed by atoms with Gasteiger partial charge in [0.15, 0.2) is 11.5 Å². The number of aliphatic hydroxyl groups excluding tert-OH is 1. The Balaban J connectivity index is 3.25. The van der Waals surface area contributed by atoms with Gasteiger partial charge in [-0.05, 0) is 23.3 Å². The third-order valence-corrected chi connectivity index (χ3v) is 2.47. The van der Waals surface area contributed by atoms with Gasteiger partial charge in [-0.3, -0.25) is 0 Å². The van der Waals surface area contributed by atoms with Crippen LogP contribution in [0.2, 0.25) is 0 Å². The van der Waals surface area contributed by atoms with E-state index in [4.69, 9.17) is 20.9 Å². The van der Waals surface area contributed by atoms with Gasteiger partial charge in [0.2, 0.25) is 0 Å². The molecule has 0 aliphatic rings. The lowest BCUT2D eigenvalue weighted by atomic mass is 10.0. The van der Waals surface area contributed by atoms with E-state index >= 15 is 0 Å². The summed E-state index contributed by atoms with van der Waals surface area (Å²) in [5.41, 5.74) is 12.8. The monoisotopic (exact) mass is 226 g/mol. The molecule has 1 aromatic rings. The lowest BCUT2D eigenvalue weighted by Crippen LogP contribution is -2.22. The molecule has 0 saturated carbocycles. The van der Waals surface area contributed by atoms with Gasteiger partial charge < -0.3 is 26.0 Å². The molecule has 16 heavy (non-hydrogen) atoms. The van der Waals surface area contributed by atoms with E-state index in [1.54, 1.807) is 26.4 Å². The molecule has 0 unspecified atom stereocenters. The van der Waals surface area contributed by atoms with Crippen molar-refractivity contribution in [3.8, 4) is 11.5 Å². The molecule has 1 atom stereocenters. The van der Waals surface area contributed by atoms with Crippen LogP contribution in [0.4, 0.5) is 0 Å². The molecular formula is C11H18N2O3. The molecule has 5 nitrogen and oxygen atoms in total. The molecule has 0 fully saturated rings. The second-order valence-electron chi connectivity index (χ2n) is 3.41. The predicted octanol–water partition coefficient (Wildman–Crippen LogP) is 0.155. The van der Waals surface area contributed by atoms with Crippen LogP contribution in [-0.4, -0.2) is 25.9 Å². The van der Waals surface area contributed by atoms with Gasteiger partial charge in [-0.2, -0.15) is 0 Å². The van der Waals surface area contributed by atoms with Crippen molar-refractivity contribution in [3.05, 3.63) is 23.3 Å². The maximum atomic E-state index is 9.25. The van der Waals surface area contributed by atoms with Crippen LogP contribution in [0.3, 0.4) is 0 Å². The minimum Gasteiger partial charge on any atom is -0.493 e. The summed E-state index contributed by atoms with van der Waals surface area (Å²) in [6.07, 6.45) is 0. The standard InChI is InChI=1S/C11H18N2O3/c1-15-10-3-7(6-14)8(9(13)5-12)4-11(10)16-2/h3-4,9,14H,5-6,12-13H2,1-2H3/t9-/m0/s1. The molecule has 5 heteroatoms. The summed E-state index contributed by atoms with van der Waals surface area (Å²) in [4.78, 5) is 0. The molecular weight excluding hydrogens is 208 g/mol. The highest BCUT2D eigenvalue weighted by molar-refractivity contribution is 5.48. The van der Waals surface area contributed by atoms with Crippen molar-refractivity contribution in [1.82, 2.24) is 0 Å². The van der Waals surface area contributed by atoms with Gasteiger partial charge in [0.1, 0.15) is 0 Å². The van der Waals surface area contributed by atoms with Crippen molar-refractivity contribution in [2.75, 3.05) is 20.8 Å². The molecule has 0 radical (unpaired) electrons. The SMILES string of the molecule is COc1cc(CO)c([C@@H](N)CN)cc1OC. The van der Waals surface area contributed by atoms with E-state index < -0.39 is 0 Å². The molecule has 90 valence electrons. The first kappa shape index (κ1) is 12.8. The first-order chi connectivity index (χ1) is 7.67. The third-order valence-electron chi connectivity index (χ3n) is 2.47. The Morgan fingerprint density at radius 1 is 1.25 bits per heavy atom. The summed E-state index contributed by atoms with van der Waals surface area (Å²) < 4.78 is 10.3. The molecule has 0 aromatic heterocycles. The van der Waals surface area contributed by atoms with E-state index in [0.717, 1.165) is 5.56 Å². The van der Waals surface area contributed by atoms with Crippen molar-refractivity contribution in [3.63, 3.8) is 0 Å². The van der Waals surface area contributed by atoms with Gasteiger partial charge in [0.25, 0.3) is 0 Å². The molecule has 0 amide bonds. The van der Waals surface area contributed by atoms with Crippen LogP contribution >= 0.6 is 0 Å². The molecule has 1 rings (SSSR count). The second kappa shape index (κ2) is 5.69. The van der Waals surface area contributed by atoms with Crippen molar-refractivity contribution in [2.24, 2.45) is 11.5 Å². The highest BCUT2D eigenvalue weighted by Gasteiger charge is 2.14. The molecule has 0 heterocycles. The van der Waals surface area contributed by atoms with E-state index in [0.29, 0.717) is 23.6 Å². The topological polar surface area (TPSA) is 90.7 Å². The quantitative estimate of drug-likeness (QED) is 0.665. The molecule has 0 spiro atoms. The van der Waals surface area contributed by atoms with Gasteiger partial charge >= 0.3 is 0 Å². The average molecular weight is 226 g/mol. The first-order valence-electron chi connectivity index (χ1n) is 4.99. The fourth-order valence-corrected chi connectivity index (χ4v) is 1.55. The number of nitrogens with two attached hydrogens (primary N) is 2. The van der Waals surface area contributed by atoms with Gasteiger partial charge in [-0.1, -0.05) is 0 Å². The summed E-state index contributed by atoms with van der Waals surface area (Å²) in [6.45, 7) is 0.200. The van der Waals surface area contributed by atoms with Crippen LogP contribution in [0.25, 0.3) is 0 Å². The minimum atomic E-state index is -0.318. The first-order valence-corrected chi connectivity index (χ1v) is 4.99. The second-order valence-corrected chi connectivity index (χ2v) is 3.41. The molecule has 0 saturated heterocycles. The zero-order valence-corrected chi connectivity index (χ0v) is 9.56. The Hall–Kier alpha value is -1.30. The molecule has 5 N–H and O–H groups in total. The Labute approximate surface area is 95.0 Å². The van der Waals surface area contributed by atoms with E-state index in [-0.39, 0.29) is 12.6 Å². The fourth-order valence-electron chi connectivity index (χ4n) is 1.55. The number of hydrogen-bond donors (Lipinski definition) is 3. The maximum Gasteiger partial charge on any atom is 0.161 e. The van der Waals surface area contributed by atoms with Crippen LogP contribution in [0, 0.1) is 0 Å². The molecule has 0 aliphatic carbocycles. The summed E-state index contributed by atoms with van der Waals surface area (Å²) in [5, 5.41) is 9.25. The van der Waals surface area contributed by atoms with E-state index in [2.05, 4.69) is 0 Å². The van der Waals surface area contributed by atoms with Gasteiger partial charge in [0, 0.05) is 12.6 Å². The van der Waals surface area contributed by atoms with Crippen LogP contribution in [0.5, 0.6) is 11.5 Å². The number of benzene rings is 1. The largest absolute Gasteiger partial charge is 0.493 e. The summed E-state index contributed by atoms with van der Waals surface area (Å²) in [5.74, 6) is 1.15. The Morgan fingerprint density at radius 3 is 2.25 bits per heavy atom. The van der Waals surface area contributed by atoms with Crippen molar-refractivity contribution in [2.45, 2.75) is 12.6 Å². The highest BCUT2D eigenvalue weighted by Crippen LogP contribution is 2.32. The van der Waals surface area contributed by atoms with E-state index in [1.165, 1.54) is 0 Å². The lowest BCUT2D eigenvalue weighted by Gasteiger charge is -2.17. The van der Waals surface area contributed by atoms with Crippen LogP contribution in [-0.2, 0) is 6.61 Å². The van der Waals surface area contributed by atoms with Crippen LogP contribution in [0.15, 0.2) is 12.1 Å². The van der Waals surface area contributed by atoms with E-state index in [1.807, 2.05) is 0 Å². The summed E-state index contributed by atoms with van der Waals surface area (Å²) in [7, 11) is 3.09. The minimum absolute atomic E-state index is 0.108. The van der Waals surface area contributed by atoms with Crippen molar-refractivity contribution < 1.29 is 14.6 Å². The Kier molecular flexibility index (Phi) is 4.54. The zero-order chi connectivity index (χ0) is 12.1. The maximum absolute atomic E-state index is 9.25. The summed E-state index contributed by atoms with van der Waals surface area (Å²) >= 11 is 0. The zero-order valence-electron chi connectivity index (χ0n) is 9.56. The van der Waals surface area contributed by atoms with Crippen LogP contribution in [0.1, 0.15) is 17.2 Å². The number of aliphatic hydroxyl groups is 1. The highest BCUT2D eigenvalue weighted by atomic mass is 16.5. The van der Waals surface area contributed by atoms with E-state index in [9.17, 15) is 5.11 Å². The van der Waals surface area contributed by atoms with Crippen LogP contribution < -0.4 is 20.9 Å². The number of methoxy groups -OCH3 is 2. The predicted molar refractivity (Wildman–Crippen MR) is 61.5 cm³/mol. The van der Waals surface area contributed by atoms with Gasteiger partial charge in [-0.25, -0.2) is 0 Å². The smallest absolute Gasteiger partial charge is 0.161 e. The van der Waals surface area contributed by atoms with Crippen molar-refractivity contribution >= 4 is 0 Å². The summed E-state index contributed by atoms with van der Waals surface area (Å²) in [6, 6.07) is 3.15. The lowest BCUT2D eigenvalue weighted by molar-refractivity contribution is 0.278. The average Bonchev–Trinajstić information content (AvgIpc) is 2.35. The third kappa shape index (κ3) is 2.44. The van der Waals surface area contributed by atoms with Gasteiger partial charge in [-0.15, -0.1) is 0 Å². The molecule has 1 aromatic carbocycles. The van der Waals surface area contributed by atoms with Crippen molar-refractivity contribution in [1.29, 1.82) is 0 Å². The number of rotatable bonds is 5. The number of ether oxygens (including phenoxy) is 2. The Bertz CT molecular complexity index is 355. The van der Waals surface area contributed by atoms with Gasteiger partial charge in [0.05, 0.1) is 20.8 Å².